The predicted molar refractivity (Wildman–Crippen MR) is 84.4 cm³/mol. The highest BCUT2D eigenvalue weighted by atomic mass is 32.2. The number of aryl methyl sites for hydroxylation is 1. The lowest BCUT2D eigenvalue weighted by molar-refractivity contribution is 0.387. The van der Waals surface area contributed by atoms with Crippen molar-refractivity contribution < 1.29 is 8.42 Å². The number of nitrogens with two attached hydrogens (primary N) is 1. The molecule has 0 unspecified atom stereocenters. The van der Waals surface area contributed by atoms with Crippen LogP contribution in [0, 0.1) is 6.92 Å². The minimum atomic E-state index is -3.43. The predicted octanol–water partition coefficient (Wildman–Crippen LogP) is 1.97. The molecule has 112 valence electrons. The SMILES string of the molecule is Cc1ccc(CN)cc1S(=O)(=O)N1CCSC(C)(C)C1. The Balaban J connectivity index is 2.40. The van der Waals surface area contributed by atoms with Crippen LogP contribution in [0.5, 0.6) is 0 Å². The van der Waals surface area contributed by atoms with E-state index in [1.807, 2.05) is 30.8 Å². The van der Waals surface area contributed by atoms with Crippen molar-refractivity contribution in [1.29, 1.82) is 0 Å². The largest absolute Gasteiger partial charge is 0.326 e. The smallest absolute Gasteiger partial charge is 0.243 e. The molecule has 0 amide bonds. The van der Waals surface area contributed by atoms with Gasteiger partial charge in [0.15, 0.2) is 0 Å². The Morgan fingerprint density at radius 2 is 2.10 bits per heavy atom. The number of hydrogen-bond acceptors (Lipinski definition) is 4. The first-order valence-corrected chi connectivity index (χ1v) is 9.12. The van der Waals surface area contributed by atoms with Gasteiger partial charge in [-0.1, -0.05) is 12.1 Å². The van der Waals surface area contributed by atoms with Gasteiger partial charge in [-0.15, -0.1) is 0 Å². The second kappa shape index (κ2) is 5.67. The molecule has 2 N–H and O–H groups in total. The van der Waals surface area contributed by atoms with E-state index in [2.05, 4.69) is 13.8 Å². The van der Waals surface area contributed by atoms with Crippen LogP contribution in [0.3, 0.4) is 0 Å². The normalized spacial score (nSPS) is 20.0. The Hall–Kier alpha value is -0.560. The Morgan fingerprint density at radius 3 is 2.70 bits per heavy atom. The molecule has 1 saturated heterocycles. The van der Waals surface area contributed by atoms with Gasteiger partial charge in [0, 0.05) is 30.1 Å². The first-order valence-electron chi connectivity index (χ1n) is 6.70. The number of rotatable bonds is 3. The highest BCUT2D eigenvalue weighted by Crippen LogP contribution is 2.33. The summed E-state index contributed by atoms with van der Waals surface area (Å²) in [5.41, 5.74) is 7.25. The highest BCUT2D eigenvalue weighted by molar-refractivity contribution is 8.00. The molecule has 20 heavy (non-hydrogen) atoms. The molecular formula is C14H22N2O2S2. The fourth-order valence-corrected chi connectivity index (χ4v) is 5.55. The van der Waals surface area contributed by atoms with Gasteiger partial charge in [-0.3, -0.25) is 0 Å². The van der Waals surface area contributed by atoms with E-state index in [0.29, 0.717) is 24.5 Å². The van der Waals surface area contributed by atoms with Gasteiger partial charge in [-0.05, 0) is 38.0 Å². The maximum atomic E-state index is 12.8. The van der Waals surface area contributed by atoms with Gasteiger partial charge in [0.1, 0.15) is 0 Å². The lowest BCUT2D eigenvalue weighted by Gasteiger charge is -2.36. The molecule has 1 aromatic rings. The molecule has 4 nitrogen and oxygen atoms in total. The number of hydrogen-bond donors (Lipinski definition) is 1. The fourth-order valence-electron chi connectivity index (χ4n) is 2.37. The average Bonchev–Trinajstić information content (AvgIpc) is 2.38. The molecule has 0 radical (unpaired) electrons. The Kier molecular flexibility index (Phi) is 4.49. The van der Waals surface area contributed by atoms with Crippen molar-refractivity contribution in [3.63, 3.8) is 0 Å². The zero-order chi connectivity index (χ0) is 15.0. The van der Waals surface area contributed by atoms with Gasteiger partial charge in [-0.25, -0.2) is 8.42 Å². The van der Waals surface area contributed by atoms with Crippen LogP contribution in [-0.4, -0.2) is 36.3 Å². The summed E-state index contributed by atoms with van der Waals surface area (Å²) in [6, 6.07) is 5.42. The minimum absolute atomic E-state index is 0.0370. The van der Waals surface area contributed by atoms with Gasteiger partial charge in [-0.2, -0.15) is 16.1 Å². The first kappa shape index (κ1) is 15.8. The van der Waals surface area contributed by atoms with Crippen LogP contribution in [-0.2, 0) is 16.6 Å². The molecule has 0 bridgehead atoms. The highest BCUT2D eigenvalue weighted by Gasteiger charge is 2.35. The molecular weight excluding hydrogens is 292 g/mol. The molecule has 0 aromatic heterocycles. The minimum Gasteiger partial charge on any atom is -0.326 e. The first-order chi connectivity index (χ1) is 9.26. The van der Waals surface area contributed by atoms with E-state index in [0.717, 1.165) is 16.9 Å². The van der Waals surface area contributed by atoms with Crippen LogP contribution in [0.1, 0.15) is 25.0 Å². The maximum Gasteiger partial charge on any atom is 0.243 e. The van der Waals surface area contributed by atoms with E-state index in [1.54, 1.807) is 10.4 Å². The molecule has 0 saturated carbocycles. The number of nitrogens with zero attached hydrogens (tertiary/aromatic N) is 1. The van der Waals surface area contributed by atoms with E-state index in [4.69, 9.17) is 5.73 Å². The van der Waals surface area contributed by atoms with Crippen LogP contribution in [0.25, 0.3) is 0 Å². The second-order valence-electron chi connectivity index (χ2n) is 5.75. The molecule has 1 heterocycles. The maximum absolute atomic E-state index is 12.8. The van der Waals surface area contributed by atoms with Gasteiger partial charge in [0.2, 0.25) is 10.0 Å². The number of benzene rings is 1. The summed E-state index contributed by atoms with van der Waals surface area (Å²) in [5.74, 6) is 0.835. The van der Waals surface area contributed by atoms with Crippen LogP contribution in [0.4, 0.5) is 0 Å². The summed E-state index contributed by atoms with van der Waals surface area (Å²) in [6.07, 6.45) is 0. The van der Waals surface area contributed by atoms with E-state index >= 15 is 0 Å². The van der Waals surface area contributed by atoms with Gasteiger partial charge >= 0.3 is 0 Å². The second-order valence-corrected chi connectivity index (χ2v) is 9.46. The van der Waals surface area contributed by atoms with Gasteiger partial charge in [0.05, 0.1) is 4.90 Å². The Bertz CT molecular complexity index is 597. The summed E-state index contributed by atoms with van der Waals surface area (Å²) in [6.45, 7) is 7.47. The summed E-state index contributed by atoms with van der Waals surface area (Å²) >= 11 is 1.82. The van der Waals surface area contributed by atoms with Crippen molar-refractivity contribution in [3.8, 4) is 0 Å². The monoisotopic (exact) mass is 314 g/mol. The summed E-state index contributed by atoms with van der Waals surface area (Å²) in [7, 11) is -3.43. The van der Waals surface area contributed by atoms with E-state index < -0.39 is 10.0 Å². The van der Waals surface area contributed by atoms with Crippen molar-refractivity contribution >= 4 is 21.8 Å². The molecule has 1 aliphatic rings. The lowest BCUT2D eigenvalue weighted by atomic mass is 10.1. The summed E-state index contributed by atoms with van der Waals surface area (Å²) in [4.78, 5) is 0.392. The third kappa shape index (κ3) is 3.19. The molecule has 0 atom stereocenters. The van der Waals surface area contributed by atoms with E-state index in [1.165, 1.54) is 0 Å². The van der Waals surface area contributed by atoms with E-state index in [-0.39, 0.29) is 4.75 Å². The molecule has 1 fully saturated rings. The van der Waals surface area contributed by atoms with Crippen LogP contribution in [0.2, 0.25) is 0 Å². The molecule has 0 spiro atoms. The topological polar surface area (TPSA) is 63.4 Å². The van der Waals surface area contributed by atoms with E-state index in [9.17, 15) is 8.42 Å². The molecule has 1 aromatic carbocycles. The number of sulfonamides is 1. The van der Waals surface area contributed by atoms with Crippen molar-refractivity contribution in [2.45, 2.75) is 37.0 Å². The zero-order valence-corrected chi connectivity index (χ0v) is 13.9. The fraction of sp³-hybridized carbons (Fsp3) is 0.571. The average molecular weight is 314 g/mol. The Labute approximate surface area is 125 Å². The quantitative estimate of drug-likeness (QED) is 0.926. The summed E-state index contributed by atoms with van der Waals surface area (Å²) < 4.78 is 27.2. The van der Waals surface area contributed by atoms with Crippen LogP contribution >= 0.6 is 11.8 Å². The molecule has 1 aliphatic heterocycles. The Morgan fingerprint density at radius 1 is 1.40 bits per heavy atom. The van der Waals surface area contributed by atoms with Crippen LogP contribution in [0.15, 0.2) is 23.1 Å². The zero-order valence-electron chi connectivity index (χ0n) is 12.2. The molecule has 2 rings (SSSR count). The summed E-state index contributed by atoms with van der Waals surface area (Å²) in [5, 5.41) is 0. The lowest BCUT2D eigenvalue weighted by Crippen LogP contribution is -2.46. The standard InChI is InChI=1S/C14H22N2O2S2/c1-11-4-5-12(9-15)8-13(11)20(17,18)16-6-7-19-14(2,3)10-16/h4-5,8H,6-7,9-10,15H2,1-3H3. The molecule has 6 heteroatoms. The van der Waals surface area contributed by atoms with Gasteiger partial charge in [0.25, 0.3) is 0 Å². The van der Waals surface area contributed by atoms with Gasteiger partial charge < -0.3 is 5.73 Å². The van der Waals surface area contributed by atoms with Crippen molar-refractivity contribution in [1.82, 2.24) is 4.31 Å². The third-order valence-corrected chi connectivity index (χ3v) is 6.78. The molecule has 0 aliphatic carbocycles. The third-order valence-electron chi connectivity index (χ3n) is 3.50. The van der Waals surface area contributed by atoms with Crippen LogP contribution < -0.4 is 5.73 Å². The van der Waals surface area contributed by atoms with Crippen molar-refractivity contribution in [2.75, 3.05) is 18.8 Å². The van der Waals surface area contributed by atoms with Crippen molar-refractivity contribution in [3.05, 3.63) is 29.3 Å². The van der Waals surface area contributed by atoms with Crippen molar-refractivity contribution in [2.24, 2.45) is 5.73 Å². The number of thioether (sulfide) groups is 1.